The standard InChI is InChI=1S/C27H43N3O5/c1-17(2)21-14-13-18(3)15-27(21,34)24(32)28-16-22(20-11-9-8-10-12-20)30-23(31)19(4)29-25(33)35-26(5,6)7/h8-12,17-19,21-22,34H,13-16H2,1-7H3,(H,28,32)(H,29,33)(H,30,31)/t18-,19-,21+,22-,27+/m1/s1. The van der Waals surface area contributed by atoms with Crippen molar-refractivity contribution in [1.82, 2.24) is 16.0 Å². The van der Waals surface area contributed by atoms with Crippen molar-refractivity contribution in [1.29, 1.82) is 0 Å². The van der Waals surface area contributed by atoms with Gasteiger partial charge in [0.2, 0.25) is 5.91 Å². The summed E-state index contributed by atoms with van der Waals surface area (Å²) in [7, 11) is 0. The molecule has 1 aromatic carbocycles. The fourth-order valence-electron chi connectivity index (χ4n) is 4.77. The zero-order valence-electron chi connectivity index (χ0n) is 22.2. The van der Waals surface area contributed by atoms with Gasteiger partial charge in [-0.3, -0.25) is 9.59 Å². The minimum Gasteiger partial charge on any atom is -0.444 e. The second-order valence-corrected chi connectivity index (χ2v) is 11.2. The Labute approximate surface area is 209 Å². The number of hydrogen-bond acceptors (Lipinski definition) is 5. The van der Waals surface area contributed by atoms with E-state index in [2.05, 4.69) is 22.9 Å². The molecule has 35 heavy (non-hydrogen) atoms. The molecule has 1 aliphatic carbocycles. The molecule has 0 unspecified atom stereocenters. The highest BCUT2D eigenvalue weighted by Crippen LogP contribution is 2.41. The van der Waals surface area contributed by atoms with E-state index < -0.39 is 41.2 Å². The number of carbonyl (C=O) groups is 3. The number of ether oxygens (including phenoxy) is 1. The van der Waals surface area contributed by atoms with Crippen LogP contribution in [0.5, 0.6) is 0 Å². The number of nitrogens with one attached hydrogen (secondary N) is 3. The third-order valence-electron chi connectivity index (χ3n) is 6.55. The normalized spacial score (nSPS) is 24.3. The lowest BCUT2D eigenvalue weighted by atomic mass is 9.66. The first kappa shape index (κ1) is 28.6. The van der Waals surface area contributed by atoms with Gasteiger partial charge in [0.1, 0.15) is 17.2 Å². The maximum atomic E-state index is 13.3. The SMILES string of the molecule is CC(C)[C@@H]1CC[C@@H](C)C[C@@]1(O)C(=O)NC[C@@H](NC(=O)[C@@H](C)NC(=O)OC(C)(C)C)c1ccccc1. The first-order valence-electron chi connectivity index (χ1n) is 12.6. The second kappa shape index (κ2) is 11.9. The Kier molecular flexibility index (Phi) is 9.72. The molecule has 0 saturated heterocycles. The molecule has 0 radical (unpaired) electrons. The fourth-order valence-corrected chi connectivity index (χ4v) is 4.77. The van der Waals surface area contributed by atoms with E-state index in [-0.39, 0.29) is 24.3 Å². The maximum Gasteiger partial charge on any atom is 0.408 e. The van der Waals surface area contributed by atoms with Crippen LogP contribution >= 0.6 is 0 Å². The Hall–Kier alpha value is -2.61. The lowest BCUT2D eigenvalue weighted by Crippen LogP contribution is -2.57. The van der Waals surface area contributed by atoms with E-state index in [9.17, 15) is 19.5 Å². The number of carbonyl (C=O) groups excluding carboxylic acids is 3. The van der Waals surface area contributed by atoms with Gasteiger partial charge in [0.15, 0.2) is 0 Å². The topological polar surface area (TPSA) is 117 Å². The van der Waals surface area contributed by atoms with Gasteiger partial charge in [-0.2, -0.15) is 0 Å². The Morgan fingerprint density at radius 2 is 1.71 bits per heavy atom. The van der Waals surface area contributed by atoms with Gasteiger partial charge in [-0.15, -0.1) is 0 Å². The summed E-state index contributed by atoms with van der Waals surface area (Å²) in [5, 5.41) is 19.8. The first-order valence-corrected chi connectivity index (χ1v) is 12.6. The molecule has 1 aromatic rings. The summed E-state index contributed by atoms with van der Waals surface area (Å²) in [6.07, 6.45) is 1.53. The van der Waals surface area contributed by atoms with Gasteiger partial charge in [0.25, 0.3) is 5.91 Å². The highest BCUT2D eigenvalue weighted by atomic mass is 16.6. The molecule has 0 aliphatic heterocycles. The number of hydrogen-bond donors (Lipinski definition) is 4. The molecule has 196 valence electrons. The van der Waals surface area contributed by atoms with Crippen molar-refractivity contribution in [2.24, 2.45) is 17.8 Å². The summed E-state index contributed by atoms with van der Waals surface area (Å²) in [5.41, 5.74) is -1.32. The molecular weight excluding hydrogens is 446 g/mol. The summed E-state index contributed by atoms with van der Waals surface area (Å²) in [6.45, 7) is 13.0. The summed E-state index contributed by atoms with van der Waals surface area (Å²) in [5.74, 6) is -0.517. The van der Waals surface area contributed by atoms with Gasteiger partial charge < -0.3 is 25.8 Å². The average Bonchev–Trinajstić information content (AvgIpc) is 2.74. The van der Waals surface area contributed by atoms with Crippen LogP contribution in [-0.2, 0) is 14.3 Å². The first-order chi connectivity index (χ1) is 16.2. The number of alkyl carbamates (subject to hydrolysis) is 1. The third-order valence-corrected chi connectivity index (χ3v) is 6.55. The van der Waals surface area contributed by atoms with Crippen LogP contribution in [0.25, 0.3) is 0 Å². The van der Waals surface area contributed by atoms with Crippen molar-refractivity contribution in [3.05, 3.63) is 35.9 Å². The van der Waals surface area contributed by atoms with Crippen LogP contribution in [0.3, 0.4) is 0 Å². The molecule has 8 nitrogen and oxygen atoms in total. The molecule has 5 atom stereocenters. The minimum absolute atomic E-state index is 0.106. The minimum atomic E-state index is -1.44. The summed E-state index contributed by atoms with van der Waals surface area (Å²) < 4.78 is 5.23. The second-order valence-electron chi connectivity index (χ2n) is 11.2. The van der Waals surface area contributed by atoms with Crippen molar-refractivity contribution in [3.63, 3.8) is 0 Å². The van der Waals surface area contributed by atoms with Gasteiger partial charge in [-0.1, -0.05) is 57.5 Å². The molecule has 8 heteroatoms. The summed E-state index contributed by atoms with van der Waals surface area (Å²) in [6, 6.07) is 7.90. The number of rotatable bonds is 8. The van der Waals surface area contributed by atoms with E-state index in [0.717, 1.165) is 18.4 Å². The smallest absolute Gasteiger partial charge is 0.408 e. The molecule has 1 saturated carbocycles. The lowest BCUT2D eigenvalue weighted by molar-refractivity contribution is -0.156. The molecule has 3 amide bonds. The molecule has 0 spiro atoms. The van der Waals surface area contributed by atoms with Gasteiger partial charge in [0, 0.05) is 6.54 Å². The van der Waals surface area contributed by atoms with Crippen molar-refractivity contribution in [2.45, 2.75) is 91.0 Å². The molecular formula is C27H43N3O5. The highest BCUT2D eigenvalue weighted by Gasteiger charge is 2.48. The van der Waals surface area contributed by atoms with Crippen molar-refractivity contribution in [3.8, 4) is 0 Å². The third kappa shape index (κ3) is 8.23. The van der Waals surface area contributed by atoms with Gasteiger partial charge in [0.05, 0.1) is 6.04 Å². The fraction of sp³-hybridized carbons (Fsp3) is 0.667. The Bertz CT molecular complexity index is 867. The Balaban J connectivity index is 2.11. The summed E-state index contributed by atoms with van der Waals surface area (Å²) in [4.78, 5) is 38.2. The zero-order valence-corrected chi connectivity index (χ0v) is 22.2. The Morgan fingerprint density at radius 1 is 1.09 bits per heavy atom. The van der Waals surface area contributed by atoms with Crippen LogP contribution < -0.4 is 16.0 Å². The van der Waals surface area contributed by atoms with Crippen LogP contribution in [0, 0.1) is 17.8 Å². The number of benzene rings is 1. The van der Waals surface area contributed by atoms with E-state index in [1.807, 2.05) is 44.2 Å². The maximum absolute atomic E-state index is 13.3. The molecule has 2 rings (SSSR count). The molecule has 0 heterocycles. The van der Waals surface area contributed by atoms with Crippen LogP contribution in [-0.4, -0.2) is 46.8 Å². The van der Waals surface area contributed by atoms with E-state index in [1.54, 1.807) is 27.7 Å². The summed E-state index contributed by atoms with van der Waals surface area (Å²) >= 11 is 0. The zero-order chi connectivity index (χ0) is 26.4. The Morgan fingerprint density at radius 3 is 2.29 bits per heavy atom. The molecule has 1 fully saturated rings. The van der Waals surface area contributed by atoms with E-state index >= 15 is 0 Å². The predicted molar refractivity (Wildman–Crippen MR) is 135 cm³/mol. The molecule has 0 aromatic heterocycles. The van der Waals surface area contributed by atoms with Crippen LogP contribution in [0.15, 0.2) is 30.3 Å². The van der Waals surface area contributed by atoms with Crippen molar-refractivity contribution < 1.29 is 24.2 Å². The highest BCUT2D eigenvalue weighted by molar-refractivity contribution is 5.87. The molecule has 4 N–H and O–H groups in total. The van der Waals surface area contributed by atoms with Crippen LogP contribution in [0.4, 0.5) is 4.79 Å². The van der Waals surface area contributed by atoms with Gasteiger partial charge in [-0.05, 0) is 63.9 Å². The van der Waals surface area contributed by atoms with Gasteiger partial charge >= 0.3 is 6.09 Å². The van der Waals surface area contributed by atoms with Crippen molar-refractivity contribution in [2.75, 3.05) is 6.54 Å². The largest absolute Gasteiger partial charge is 0.444 e. The monoisotopic (exact) mass is 489 g/mol. The van der Waals surface area contributed by atoms with Crippen LogP contribution in [0.2, 0.25) is 0 Å². The van der Waals surface area contributed by atoms with Crippen LogP contribution in [0.1, 0.15) is 79.3 Å². The predicted octanol–water partition coefficient (Wildman–Crippen LogP) is 3.70. The lowest BCUT2D eigenvalue weighted by Gasteiger charge is -2.43. The molecule has 1 aliphatic rings. The quantitative estimate of drug-likeness (QED) is 0.444. The van der Waals surface area contributed by atoms with E-state index in [1.165, 1.54) is 0 Å². The van der Waals surface area contributed by atoms with E-state index in [4.69, 9.17) is 4.74 Å². The number of amides is 3. The van der Waals surface area contributed by atoms with E-state index in [0.29, 0.717) is 6.42 Å². The van der Waals surface area contributed by atoms with Gasteiger partial charge in [-0.25, -0.2) is 4.79 Å². The average molecular weight is 490 g/mol. The van der Waals surface area contributed by atoms with Crippen molar-refractivity contribution >= 4 is 17.9 Å². The molecule has 0 bridgehead atoms. The number of aliphatic hydroxyl groups is 1.